The van der Waals surface area contributed by atoms with Crippen molar-refractivity contribution >= 4 is 5.91 Å². The highest BCUT2D eigenvalue weighted by atomic mass is 16.2. The van der Waals surface area contributed by atoms with E-state index in [-0.39, 0.29) is 5.54 Å². The van der Waals surface area contributed by atoms with Crippen LogP contribution in [-0.4, -0.2) is 36.0 Å². The van der Waals surface area contributed by atoms with Gasteiger partial charge in [-0.3, -0.25) is 4.79 Å². The molecule has 4 bridgehead atoms. The molecule has 4 aliphatic carbocycles. The van der Waals surface area contributed by atoms with Crippen molar-refractivity contribution in [1.29, 1.82) is 0 Å². The van der Waals surface area contributed by atoms with Crippen LogP contribution in [0.4, 0.5) is 0 Å². The average molecular weight is 290 g/mol. The van der Waals surface area contributed by atoms with Crippen LogP contribution in [0.3, 0.4) is 0 Å². The van der Waals surface area contributed by atoms with Crippen molar-refractivity contribution in [2.45, 2.75) is 69.9 Å². The Balaban J connectivity index is 1.54. The molecule has 3 heteroatoms. The number of nitrogens with zero attached hydrogens (tertiary/aromatic N) is 1. The Labute approximate surface area is 128 Å². The summed E-state index contributed by atoms with van der Waals surface area (Å²) in [6.45, 7) is 3.18. The molecule has 4 saturated carbocycles. The van der Waals surface area contributed by atoms with Crippen LogP contribution >= 0.6 is 0 Å². The Morgan fingerprint density at radius 1 is 1.14 bits per heavy atom. The molecule has 1 unspecified atom stereocenters. The van der Waals surface area contributed by atoms with Crippen LogP contribution in [0, 0.1) is 23.7 Å². The van der Waals surface area contributed by atoms with Crippen molar-refractivity contribution in [1.82, 2.24) is 10.2 Å². The minimum absolute atomic E-state index is 0.247. The van der Waals surface area contributed by atoms with Crippen LogP contribution in [0.1, 0.15) is 58.3 Å². The van der Waals surface area contributed by atoms with E-state index in [1.165, 1.54) is 32.1 Å². The molecule has 118 valence electrons. The fraction of sp³-hybridized carbons (Fsp3) is 0.944. The molecule has 1 atom stereocenters. The van der Waals surface area contributed by atoms with Gasteiger partial charge in [0, 0.05) is 13.1 Å². The minimum atomic E-state index is -0.247. The summed E-state index contributed by atoms with van der Waals surface area (Å²) in [4.78, 5) is 15.4. The third-order valence-electron chi connectivity index (χ3n) is 7.20. The summed E-state index contributed by atoms with van der Waals surface area (Å²) in [6, 6.07) is 0.538. The lowest BCUT2D eigenvalue weighted by Crippen LogP contribution is -2.62. The molecule has 0 radical (unpaired) electrons. The van der Waals surface area contributed by atoms with Gasteiger partial charge < -0.3 is 10.2 Å². The van der Waals surface area contributed by atoms with Crippen molar-refractivity contribution in [3.05, 3.63) is 0 Å². The number of amides is 1. The molecular formula is C18H30N2O. The van der Waals surface area contributed by atoms with Gasteiger partial charge in [-0.25, -0.2) is 0 Å². The normalized spacial score (nSPS) is 47.8. The number of carbonyl (C=O) groups is 1. The van der Waals surface area contributed by atoms with Gasteiger partial charge in [0.05, 0.1) is 5.54 Å². The van der Waals surface area contributed by atoms with Crippen molar-refractivity contribution < 1.29 is 4.79 Å². The third kappa shape index (κ3) is 2.07. The smallest absolute Gasteiger partial charge is 0.242 e. The van der Waals surface area contributed by atoms with Crippen molar-refractivity contribution in [2.24, 2.45) is 23.7 Å². The second kappa shape index (κ2) is 4.97. The minimum Gasteiger partial charge on any atom is -0.341 e. The summed E-state index contributed by atoms with van der Waals surface area (Å²) in [6.07, 6.45) is 10.2. The zero-order valence-electron chi connectivity index (χ0n) is 13.6. The molecule has 1 saturated heterocycles. The van der Waals surface area contributed by atoms with Crippen molar-refractivity contribution in [3.8, 4) is 0 Å². The number of likely N-dealkylation sites (N-methyl/N-ethyl adjacent to an activating group) is 1. The lowest BCUT2D eigenvalue weighted by molar-refractivity contribution is -0.147. The lowest BCUT2D eigenvalue weighted by Gasteiger charge is -2.57. The van der Waals surface area contributed by atoms with E-state index in [9.17, 15) is 4.79 Å². The number of hydrogen-bond acceptors (Lipinski definition) is 2. The van der Waals surface area contributed by atoms with Gasteiger partial charge in [-0.1, -0.05) is 6.92 Å². The molecule has 0 aromatic heterocycles. The van der Waals surface area contributed by atoms with E-state index < -0.39 is 0 Å². The van der Waals surface area contributed by atoms with E-state index in [2.05, 4.69) is 24.2 Å². The van der Waals surface area contributed by atoms with E-state index in [1.54, 1.807) is 0 Å². The van der Waals surface area contributed by atoms with E-state index in [0.29, 0.717) is 11.9 Å². The second-order valence-corrected chi connectivity index (χ2v) is 8.30. The predicted molar refractivity (Wildman–Crippen MR) is 83.9 cm³/mol. The number of nitrogens with one attached hydrogen (secondary N) is 1. The van der Waals surface area contributed by atoms with Gasteiger partial charge in [0.2, 0.25) is 5.91 Å². The molecule has 5 rings (SSSR count). The SMILES string of the molecule is CCC1(C(=O)N(C)C2C3CC4CC(C3)CC2C4)CCCN1. The van der Waals surface area contributed by atoms with Gasteiger partial charge >= 0.3 is 0 Å². The number of rotatable bonds is 3. The van der Waals surface area contributed by atoms with Gasteiger partial charge in [0.25, 0.3) is 0 Å². The first-order valence-corrected chi connectivity index (χ1v) is 9.15. The van der Waals surface area contributed by atoms with E-state index in [4.69, 9.17) is 0 Å². The Morgan fingerprint density at radius 3 is 2.24 bits per heavy atom. The van der Waals surface area contributed by atoms with Crippen molar-refractivity contribution in [2.75, 3.05) is 13.6 Å². The Hall–Kier alpha value is -0.570. The second-order valence-electron chi connectivity index (χ2n) is 8.30. The van der Waals surface area contributed by atoms with Crippen LogP contribution in [0.5, 0.6) is 0 Å². The van der Waals surface area contributed by atoms with Gasteiger partial charge in [-0.05, 0) is 81.6 Å². The fourth-order valence-electron chi connectivity index (χ4n) is 6.44. The summed E-state index contributed by atoms with van der Waals surface area (Å²) >= 11 is 0. The Morgan fingerprint density at radius 2 is 1.76 bits per heavy atom. The highest BCUT2D eigenvalue weighted by molar-refractivity contribution is 5.87. The summed E-state index contributed by atoms with van der Waals surface area (Å²) < 4.78 is 0. The fourth-order valence-corrected chi connectivity index (χ4v) is 6.44. The van der Waals surface area contributed by atoms with Crippen LogP contribution < -0.4 is 5.32 Å². The Bertz CT molecular complexity index is 399. The molecule has 3 nitrogen and oxygen atoms in total. The predicted octanol–water partition coefficient (Wildman–Crippen LogP) is 2.80. The molecule has 1 amide bonds. The standard InChI is InChI=1S/C18H30N2O/c1-3-18(5-4-6-19-18)17(21)20(2)16-14-8-12-7-13(10-14)11-15(16)9-12/h12-16,19H,3-11H2,1-2H3. The van der Waals surface area contributed by atoms with Crippen LogP contribution in [0.25, 0.3) is 0 Å². The molecule has 0 aromatic rings. The molecule has 0 spiro atoms. The average Bonchev–Trinajstić information content (AvgIpc) is 2.95. The first-order valence-electron chi connectivity index (χ1n) is 9.15. The first kappa shape index (κ1) is 14.0. The topological polar surface area (TPSA) is 32.3 Å². The number of carbonyl (C=O) groups excluding carboxylic acids is 1. The summed E-state index contributed by atoms with van der Waals surface area (Å²) in [5.41, 5.74) is -0.247. The highest BCUT2D eigenvalue weighted by Gasteiger charge is 2.52. The third-order valence-corrected chi connectivity index (χ3v) is 7.20. The summed E-state index contributed by atoms with van der Waals surface area (Å²) in [5.74, 6) is 3.95. The highest BCUT2D eigenvalue weighted by Crippen LogP contribution is 2.55. The van der Waals surface area contributed by atoms with Gasteiger partial charge in [0.1, 0.15) is 0 Å². The maximum atomic E-state index is 13.2. The van der Waals surface area contributed by atoms with Crippen LogP contribution in [0.2, 0.25) is 0 Å². The molecule has 5 fully saturated rings. The van der Waals surface area contributed by atoms with Gasteiger partial charge in [0.15, 0.2) is 0 Å². The molecule has 0 aromatic carbocycles. The van der Waals surface area contributed by atoms with Crippen molar-refractivity contribution in [3.63, 3.8) is 0 Å². The first-order chi connectivity index (χ1) is 10.1. The molecule has 1 N–H and O–H groups in total. The quantitative estimate of drug-likeness (QED) is 0.867. The molecule has 21 heavy (non-hydrogen) atoms. The van der Waals surface area contributed by atoms with Gasteiger partial charge in [-0.15, -0.1) is 0 Å². The zero-order chi connectivity index (χ0) is 14.6. The maximum absolute atomic E-state index is 13.2. The van der Waals surface area contributed by atoms with Crippen LogP contribution in [-0.2, 0) is 4.79 Å². The lowest BCUT2D eigenvalue weighted by atomic mass is 9.54. The van der Waals surface area contributed by atoms with E-state index in [0.717, 1.165) is 49.5 Å². The van der Waals surface area contributed by atoms with E-state index in [1.807, 2.05) is 0 Å². The summed E-state index contributed by atoms with van der Waals surface area (Å²) in [7, 11) is 2.10. The molecule has 1 aliphatic heterocycles. The van der Waals surface area contributed by atoms with Gasteiger partial charge in [-0.2, -0.15) is 0 Å². The number of hydrogen-bond donors (Lipinski definition) is 1. The monoisotopic (exact) mass is 290 g/mol. The maximum Gasteiger partial charge on any atom is 0.242 e. The Kier molecular flexibility index (Phi) is 3.33. The molecule has 1 heterocycles. The summed E-state index contributed by atoms with van der Waals surface area (Å²) in [5, 5.41) is 3.53. The largest absolute Gasteiger partial charge is 0.341 e. The molecule has 5 aliphatic rings. The zero-order valence-corrected chi connectivity index (χ0v) is 13.6. The van der Waals surface area contributed by atoms with E-state index >= 15 is 0 Å². The molecular weight excluding hydrogens is 260 g/mol. The van der Waals surface area contributed by atoms with Crippen LogP contribution in [0.15, 0.2) is 0 Å².